The Labute approximate surface area is 146 Å². The van der Waals surface area contributed by atoms with Crippen LogP contribution in [0.4, 0.5) is 5.69 Å². The highest BCUT2D eigenvalue weighted by Gasteiger charge is 2.33. The van der Waals surface area contributed by atoms with Crippen molar-refractivity contribution in [2.45, 2.75) is 25.9 Å². The lowest BCUT2D eigenvalue weighted by Crippen LogP contribution is -2.22. The molecule has 130 valence electrons. The molecule has 1 fully saturated rings. The van der Waals surface area contributed by atoms with E-state index in [2.05, 4.69) is 5.32 Å². The summed E-state index contributed by atoms with van der Waals surface area (Å²) in [4.78, 5) is 23.5. The molecule has 0 saturated heterocycles. The highest BCUT2D eigenvalue weighted by molar-refractivity contribution is 5.93. The first kappa shape index (κ1) is 17.0. The fourth-order valence-corrected chi connectivity index (χ4v) is 3.12. The van der Waals surface area contributed by atoms with Crippen molar-refractivity contribution in [3.63, 3.8) is 0 Å². The van der Waals surface area contributed by atoms with Crippen molar-refractivity contribution in [2.75, 3.05) is 5.32 Å². The zero-order chi connectivity index (χ0) is 17.6. The summed E-state index contributed by atoms with van der Waals surface area (Å²) in [7, 11) is 0. The summed E-state index contributed by atoms with van der Waals surface area (Å²) < 4.78 is 5.76. The molecule has 0 aromatic heterocycles. The number of hydrogen-bond acceptors (Lipinski definition) is 3. The van der Waals surface area contributed by atoms with Crippen LogP contribution in [0.3, 0.4) is 0 Å². The number of hydrogen-bond donors (Lipinski definition) is 2. The maximum atomic E-state index is 12.5. The van der Waals surface area contributed by atoms with Crippen LogP contribution >= 0.6 is 0 Å². The lowest BCUT2D eigenvalue weighted by atomic mass is 10.0. The van der Waals surface area contributed by atoms with E-state index in [1.807, 2.05) is 54.6 Å². The van der Waals surface area contributed by atoms with Crippen molar-refractivity contribution in [3.8, 4) is 5.75 Å². The number of carbonyl (C=O) groups excluding carboxylic acids is 1. The van der Waals surface area contributed by atoms with Gasteiger partial charge in [0.25, 0.3) is 0 Å². The smallest absolute Gasteiger partial charge is 0.306 e. The van der Waals surface area contributed by atoms with Gasteiger partial charge in [-0.25, -0.2) is 0 Å². The molecule has 2 N–H and O–H groups in total. The summed E-state index contributed by atoms with van der Waals surface area (Å²) in [6, 6.07) is 17.0. The molecular formula is C20H21NO4. The van der Waals surface area contributed by atoms with Crippen LogP contribution in [-0.4, -0.2) is 17.0 Å². The largest absolute Gasteiger partial charge is 0.489 e. The number of rotatable bonds is 6. The molecule has 2 atom stereocenters. The van der Waals surface area contributed by atoms with Gasteiger partial charge in [0.1, 0.15) is 12.4 Å². The number of nitrogens with one attached hydrogen (secondary N) is 1. The second-order valence-electron chi connectivity index (χ2n) is 6.29. The second kappa shape index (κ2) is 7.83. The van der Waals surface area contributed by atoms with E-state index in [-0.39, 0.29) is 11.8 Å². The van der Waals surface area contributed by atoms with Crippen LogP contribution < -0.4 is 10.1 Å². The lowest BCUT2D eigenvalue weighted by molar-refractivity contribution is -0.141. The summed E-state index contributed by atoms with van der Waals surface area (Å²) in [5.41, 5.74) is 1.59. The first-order chi connectivity index (χ1) is 12.1. The Morgan fingerprint density at radius 3 is 2.40 bits per heavy atom. The summed E-state index contributed by atoms with van der Waals surface area (Å²) in [6.45, 7) is 0.350. The van der Waals surface area contributed by atoms with Crippen LogP contribution in [0, 0.1) is 11.8 Å². The maximum Gasteiger partial charge on any atom is 0.306 e. The number of para-hydroxylation sites is 2. The minimum atomic E-state index is -0.813. The highest BCUT2D eigenvalue weighted by Crippen LogP contribution is 2.32. The van der Waals surface area contributed by atoms with Gasteiger partial charge in [-0.2, -0.15) is 0 Å². The molecule has 2 aromatic carbocycles. The van der Waals surface area contributed by atoms with Gasteiger partial charge < -0.3 is 15.2 Å². The van der Waals surface area contributed by atoms with Crippen molar-refractivity contribution in [1.29, 1.82) is 0 Å². The molecule has 1 aliphatic rings. The van der Waals surface area contributed by atoms with Gasteiger partial charge in [-0.3, -0.25) is 9.59 Å². The molecular weight excluding hydrogens is 318 g/mol. The van der Waals surface area contributed by atoms with Crippen LogP contribution in [-0.2, 0) is 16.2 Å². The van der Waals surface area contributed by atoms with E-state index in [4.69, 9.17) is 9.84 Å². The molecule has 1 amide bonds. The van der Waals surface area contributed by atoms with Gasteiger partial charge in [-0.05, 0) is 37.5 Å². The third-order valence-corrected chi connectivity index (χ3v) is 4.57. The van der Waals surface area contributed by atoms with Gasteiger partial charge in [-0.1, -0.05) is 36.4 Å². The van der Waals surface area contributed by atoms with Crippen molar-refractivity contribution < 1.29 is 19.4 Å². The molecule has 5 heteroatoms. The van der Waals surface area contributed by atoms with Gasteiger partial charge in [-0.15, -0.1) is 0 Å². The average molecular weight is 339 g/mol. The molecule has 0 spiro atoms. The quantitative estimate of drug-likeness (QED) is 0.841. The Balaban J connectivity index is 1.63. The number of benzene rings is 2. The van der Waals surface area contributed by atoms with Gasteiger partial charge in [0.2, 0.25) is 5.91 Å². The van der Waals surface area contributed by atoms with Gasteiger partial charge in [0.05, 0.1) is 5.92 Å². The van der Waals surface area contributed by atoms with Gasteiger partial charge in [0.15, 0.2) is 0 Å². The molecule has 0 bridgehead atoms. The molecule has 0 aliphatic heterocycles. The number of carboxylic acids is 1. The monoisotopic (exact) mass is 339 g/mol. The molecule has 3 rings (SSSR count). The Morgan fingerprint density at radius 2 is 1.68 bits per heavy atom. The van der Waals surface area contributed by atoms with Crippen LogP contribution in [0.15, 0.2) is 54.6 Å². The molecule has 1 aliphatic carbocycles. The number of amides is 1. The van der Waals surface area contributed by atoms with Gasteiger partial charge in [0, 0.05) is 17.2 Å². The Hall–Kier alpha value is -2.82. The molecule has 0 heterocycles. The minimum Gasteiger partial charge on any atom is -0.489 e. The number of carboxylic acid groups (broad SMARTS) is 1. The van der Waals surface area contributed by atoms with Crippen LogP contribution in [0.5, 0.6) is 5.75 Å². The topological polar surface area (TPSA) is 75.6 Å². The van der Waals surface area contributed by atoms with Gasteiger partial charge >= 0.3 is 5.97 Å². The minimum absolute atomic E-state index is 0.115. The summed E-state index contributed by atoms with van der Waals surface area (Å²) in [5, 5.41) is 12.0. The van der Waals surface area contributed by atoms with Crippen LogP contribution in [0.25, 0.3) is 0 Å². The van der Waals surface area contributed by atoms with Crippen LogP contribution in [0.1, 0.15) is 24.8 Å². The first-order valence-electron chi connectivity index (χ1n) is 8.43. The van der Waals surface area contributed by atoms with Crippen LogP contribution in [0.2, 0.25) is 0 Å². The number of aliphatic carboxylic acids is 1. The van der Waals surface area contributed by atoms with Crippen molar-refractivity contribution >= 4 is 17.6 Å². The fraction of sp³-hybridized carbons (Fsp3) is 0.300. The fourth-order valence-electron chi connectivity index (χ4n) is 3.12. The predicted molar refractivity (Wildman–Crippen MR) is 94.3 cm³/mol. The molecule has 0 unspecified atom stereocenters. The summed E-state index contributed by atoms with van der Waals surface area (Å²) >= 11 is 0. The average Bonchev–Trinajstić information content (AvgIpc) is 3.12. The van der Waals surface area contributed by atoms with E-state index in [1.54, 1.807) is 0 Å². The predicted octanol–water partition coefficient (Wildman–Crippen LogP) is 3.71. The normalized spacial score (nSPS) is 19.4. The summed E-state index contributed by atoms with van der Waals surface area (Å²) in [5.74, 6) is -0.816. The van der Waals surface area contributed by atoms with E-state index in [0.717, 1.165) is 11.3 Å². The Kier molecular flexibility index (Phi) is 5.33. The lowest BCUT2D eigenvalue weighted by Gasteiger charge is -2.15. The molecule has 5 nitrogen and oxygen atoms in total. The molecule has 2 aromatic rings. The zero-order valence-corrected chi connectivity index (χ0v) is 13.9. The Morgan fingerprint density at radius 1 is 1.00 bits per heavy atom. The van der Waals surface area contributed by atoms with E-state index >= 15 is 0 Å². The van der Waals surface area contributed by atoms with Crippen molar-refractivity contribution in [3.05, 3.63) is 60.2 Å². The SMILES string of the molecule is O=C(O)[C@@H]1CC[C@H](C(=O)Nc2ccccc2COc2ccccc2)C1. The van der Waals surface area contributed by atoms with Crippen molar-refractivity contribution in [2.24, 2.45) is 11.8 Å². The third kappa shape index (κ3) is 4.38. The summed E-state index contributed by atoms with van der Waals surface area (Å²) in [6.07, 6.45) is 1.58. The Bertz CT molecular complexity index is 744. The third-order valence-electron chi connectivity index (χ3n) is 4.57. The van der Waals surface area contributed by atoms with E-state index < -0.39 is 11.9 Å². The molecule has 25 heavy (non-hydrogen) atoms. The number of ether oxygens (including phenoxy) is 1. The van der Waals surface area contributed by atoms with E-state index in [1.165, 1.54) is 0 Å². The number of anilines is 1. The maximum absolute atomic E-state index is 12.5. The highest BCUT2D eigenvalue weighted by atomic mass is 16.5. The van der Waals surface area contributed by atoms with E-state index in [0.29, 0.717) is 31.6 Å². The first-order valence-corrected chi connectivity index (χ1v) is 8.43. The number of carbonyl (C=O) groups is 2. The van der Waals surface area contributed by atoms with Crippen molar-refractivity contribution in [1.82, 2.24) is 0 Å². The zero-order valence-electron chi connectivity index (χ0n) is 13.9. The van der Waals surface area contributed by atoms with E-state index in [9.17, 15) is 9.59 Å². The standard InChI is InChI=1S/C20H21NO4/c22-19(14-10-11-15(12-14)20(23)24)21-18-9-5-4-6-16(18)13-25-17-7-2-1-3-8-17/h1-9,14-15H,10-13H2,(H,21,22)(H,23,24)/t14-,15+/m0/s1. The molecule has 0 radical (unpaired) electrons. The second-order valence-corrected chi connectivity index (χ2v) is 6.29. The molecule has 1 saturated carbocycles.